The summed E-state index contributed by atoms with van der Waals surface area (Å²) in [4.78, 5) is 0. The number of benzene rings is 2. The number of hydrogen-bond donors (Lipinski definition) is 1. The first-order valence-corrected chi connectivity index (χ1v) is 7.36. The molecule has 0 aromatic heterocycles. The van der Waals surface area contributed by atoms with Gasteiger partial charge >= 0.3 is 0 Å². The van der Waals surface area contributed by atoms with Gasteiger partial charge in [-0.25, -0.2) is 0 Å². The molecule has 2 rings (SSSR count). The third kappa shape index (κ3) is 4.42. The van der Waals surface area contributed by atoms with Crippen LogP contribution < -0.4 is 14.8 Å². The number of hydrogen-bond acceptors (Lipinski definition) is 3. The van der Waals surface area contributed by atoms with Crippen LogP contribution in [0.1, 0.15) is 31.9 Å². The minimum atomic E-state index is 0.220. The molecule has 1 atom stereocenters. The summed E-state index contributed by atoms with van der Waals surface area (Å²) in [7, 11) is 1.68. The van der Waals surface area contributed by atoms with E-state index in [4.69, 9.17) is 9.47 Å². The van der Waals surface area contributed by atoms with Crippen LogP contribution in [0.25, 0.3) is 0 Å². The summed E-state index contributed by atoms with van der Waals surface area (Å²) in [6.45, 7) is 5.01. The topological polar surface area (TPSA) is 30.5 Å². The van der Waals surface area contributed by atoms with Crippen molar-refractivity contribution in [3.8, 4) is 11.5 Å². The Morgan fingerprint density at radius 3 is 2.48 bits per heavy atom. The highest BCUT2D eigenvalue weighted by Gasteiger charge is 2.06. The van der Waals surface area contributed by atoms with Gasteiger partial charge in [-0.15, -0.1) is 0 Å². The molecule has 0 bridgehead atoms. The largest absolute Gasteiger partial charge is 0.497 e. The average Bonchev–Trinajstić information content (AvgIpc) is 2.53. The Labute approximate surface area is 126 Å². The number of ether oxygens (including phenoxy) is 2. The van der Waals surface area contributed by atoms with Crippen LogP contribution in [0.4, 0.5) is 5.69 Å². The quantitative estimate of drug-likeness (QED) is 0.802. The minimum Gasteiger partial charge on any atom is -0.497 e. The van der Waals surface area contributed by atoms with Gasteiger partial charge in [0.15, 0.2) is 0 Å². The molecule has 3 heteroatoms. The molecule has 0 fully saturated rings. The number of methoxy groups -OCH3 is 1. The SMILES string of the molecule is CCCOc1ccc(C(C)Nc2cccc(OC)c2)cc1. The number of nitrogens with one attached hydrogen (secondary N) is 1. The Bertz CT molecular complexity index is 551. The van der Waals surface area contributed by atoms with E-state index >= 15 is 0 Å². The first-order valence-electron chi connectivity index (χ1n) is 7.36. The maximum Gasteiger partial charge on any atom is 0.120 e. The van der Waals surface area contributed by atoms with Crippen molar-refractivity contribution in [3.05, 3.63) is 54.1 Å². The fourth-order valence-corrected chi connectivity index (χ4v) is 2.12. The van der Waals surface area contributed by atoms with E-state index in [0.717, 1.165) is 30.2 Å². The summed E-state index contributed by atoms with van der Waals surface area (Å²) in [6, 6.07) is 16.4. The summed E-state index contributed by atoms with van der Waals surface area (Å²) >= 11 is 0. The average molecular weight is 285 g/mol. The lowest BCUT2D eigenvalue weighted by Gasteiger charge is -2.17. The van der Waals surface area contributed by atoms with Crippen LogP contribution in [0, 0.1) is 0 Å². The van der Waals surface area contributed by atoms with E-state index in [2.05, 4.69) is 31.3 Å². The summed E-state index contributed by atoms with van der Waals surface area (Å²) in [5, 5.41) is 3.47. The normalized spacial score (nSPS) is 11.8. The van der Waals surface area contributed by atoms with E-state index in [0.29, 0.717) is 0 Å². The molecule has 0 amide bonds. The lowest BCUT2D eigenvalue weighted by molar-refractivity contribution is 0.317. The third-order valence-corrected chi connectivity index (χ3v) is 3.31. The molecule has 1 N–H and O–H groups in total. The van der Waals surface area contributed by atoms with E-state index < -0.39 is 0 Å². The molecule has 0 spiro atoms. The molecule has 21 heavy (non-hydrogen) atoms. The lowest BCUT2D eigenvalue weighted by Crippen LogP contribution is -2.06. The van der Waals surface area contributed by atoms with Crippen molar-refractivity contribution in [2.75, 3.05) is 19.0 Å². The molecule has 2 aromatic carbocycles. The third-order valence-electron chi connectivity index (χ3n) is 3.31. The molecule has 0 heterocycles. The maximum absolute atomic E-state index is 5.60. The van der Waals surface area contributed by atoms with Gasteiger partial charge in [-0.3, -0.25) is 0 Å². The van der Waals surface area contributed by atoms with Crippen LogP contribution >= 0.6 is 0 Å². The van der Waals surface area contributed by atoms with Crippen molar-refractivity contribution in [2.45, 2.75) is 26.3 Å². The van der Waals surface area contributed by atoms with Gasteiger partial charge in [0.05, 0.1) is 13.7 Å². The lowest BCUT2D eigenvalue weighted by atomic mass is 10.1. The standard InChI is InChI=1S/C18H23NO2/c1-4-12-21-17-10-8-15(9-11-17)14(2)19-16-6-5-7-18(13-16)20-3/h5-11,13-14,19H,4,12H2,1-3H3. The Morgan fingerprint density at radius 1 is 1.05 bits per heavy atom. The maximum atomic E-state index is 5.60. The molecule has 3 nitrogen and oxygen atoms in total. The Kier molecular flexibility index (Phi) is 5.50. The summed E-state index contributed by atoms with van der Waals surface area (Å²) in [6.07, 6.45) is 1.02. The van der Waals surface area contributed by atoms with Crippen LogP contribution in [-0.2, 0) is 0 Å². The van der Waals surface area contributed by atoms with Crippen LogP contribution in [0.15, 0.2) is 48.5 Å². The van der Waals surface area contributed by atoms with Crippen molar-refractivity contribution < 1.29 is 9.47 Å². The van der Waals surface area contributed by atoms with Crippen LogP contribution in [0.5, 0.6) is 11.5 Å². The molecular formula is C18H23NO2. The van der Waals surface area contributed by atoms with Gasteiger partial charge < -0.3 is 14.8 Å². The molecule has 112 valence electrons. The Hall–Kier alpha value is -2.16. The van der Waals surface area contributed by atoms with Gasteiger partial charge in [-0.05, 0) is 43.2 Å². The highest BCUT2D eigenvalue weighted by Crippen LogP contribution is 2.24. The molecule has 0 aliphatic carbocycles. The first-order chi connectivity index (χ1) is 10.2. The monoisotopic (exact) mass is 285 g/mol. The van der Waals surface area contributed by atoms with Crippen molar-refractivity contribution in [1.82, 2.24) is 0 Å². The molecule has 1 unspecified atom stereocenters. The van der Waals surface area contributed by atoms with Gasteiger partial charge in [-0.1, -0.05) is 25.1 Å². The zero-order chi connectivity index (χ0) is 15.1. The van der Waals surface area contributed by atoms with E-state index in [1.807, 2.05) is 36.4 Å². The fraction of sp³-hybridized carbons (Fsp3) is 0.333. The van der Waals surface area contributed by atoms with Crippen LogP contribution in [0.3, 0.4) is 0 Å². The molecule has 2 aromatic rings. The van der Waals surface area contributed by atoms with Gasteiger partial charge in [0.25, 0.3) is 0 Å². The van der Waals surface area contributed by atoms with Gasteiger partial charge in [0.2, 0.25) is 0 Å². The molecule has 0 saturated carbocycles. The van der Waals surface area contributed by atoms with E-state index in [1.165, 1.54) is 5.56 Å². The van der Waals surface area contributed by atoms with Crippen LogP contribution in [-0.4, -0.2) is 13.7 Å². The fourth-order valence-electron chi connectivity index (χ4n) is 2.12. The van der Waals surface area contributed by atoms with Crippen LogP contribution in [0.2, 0.25) is 0 Å². The predicted octanol–water partition coefficient (Wildman–Crippen LogP) is 4.66. The van der Waals surface area contributed by atoms with Crippen molar-refractivity contribution in [3.63, 3.8) is 0 Å². The second kappa shape index (κ2) is 7.58. The van der Waals surface area contributed by atoms with E-state index in [-0.39, 0.29) is 6.04 Å². The Morgan fingerprint density at radius 2 is 1.81 bits per heavy atom. The molecule has 0 saturated heterocycles. The predicted molar refractivity (Wildman–Crippen MR) is 87.3 cm³/mol. The first kappa shape index (κ1) is 15.2. The van der Waals surface area contributed by atoms with E-state index in [1.54, 1.807) is 7.11 Å². The van der Waals surface area contributed by atoms with Gasteiger partial charge in [-0.2, -0.15) is 0 Å². The molecule has 0 radical (unpaired) electrons. The van der Waals surface area contributed by atoms with Crippen molar-refractivity contribution in [1.29, 1.82) is 0 Å². The smallest absolute Gasteiger partial charge is 0.120 e. The number of anilines is 1. The Balaban J connectivity index is 2.00. The van der Waals surface area contributed by atoms with E-state index in [9.17, 15) is 0 Å². The zero-order valence-electron chi connectivity index (χ0n) is 12.9. The second-order valence-electron chi connectivity index (χ2n) is 5.02. The zero-order valence-corrected chi connectivity index (χ0v) is 12.9. The van der Waals surface area contributed by atoms with Crippen molar-refractivity contribution >= 4 is 5.69 Å². The highest BCUT2D eigenvalue weighted by atomic mass is 16.5. The number of rotatable bonds is 7. The molecular weight excluding hydrogens is 262 g/mol. The summed E-state index contributed by atoms with van der Waals surface area (Å²) < 4.78 is 10.8. The highest BCUT2D eigenvalue weighted by molar-refractivity contribution is 5.50. The minimum absolute atomic E-state index is 0.220. The second-order valence-corrected chi connectivity index (χ2v) is 5.02. The summed E-state index contributed by atoms with van der Waals surface area (Å²) in [5.41, 5.74) is 2.27. The molecule has 0 aliphatic rings. The van der Waals surface area contributed by atoms with Gasteiger partial charge in [0.1, 0.15) is 11.5 Å². The molecule has 0 aliphatic heterocycles. The summed E-state index contributed by atoms with van der Waals surface area (Å²) in [5.74, 6) is 1.78. The van der Waals surface area contributed by atoms with Crippen molar-refractivity contribution in [2.24, 2.45) is 0 Å². The van der Waals surface area contributed by atoms with Gasteiger partial charge in [0, 0.05) is 17.8 Å².